The maximum Gasteiger partial charge on any atom is 0.306 e. The largest absolute Gasteiger partial charge is 0.460 e. The quantitative estimate of drug-likeness (QED) is 0.500. The van der Waals surface area contributed by atoms with E-state index in [0.717, 1.165) is 24.0 Å². The van der Waals surface area contributed by atoms with Crippen LogP contribution in [0.2, 0.25) is 0 Å². The number of carbonyl (C=O) groups excluding carboxylic acids is 2. The van der Waals surface area contributed by atoms with E-state index < -0.39 is 0 Å². The molecule has 0 spiro atoms. The third-order valence-corrected chi connectivity index (χ3v) is 3.29. The topological polar surface area (TPSA) is 52.6 Å². The molecule has 0 saturated heterocycles. The Labute approximate surface area is 144 Å². The van der Waals surface area contributed by atoms with Crippen LogP contribution in [0.5, 0.6) is 0 Å². The lowest BCUT2D eigenvalue weighted by Gasteiger charge is -2.09. The van der Waals surface area contributed by atoms with Crippen LogP contribution in [0, 0.1) is 0 Å². The highest BCUT2D eigenvalue weighted by Gasteiger charge is 2.08. The molecular formula is C20H26O4. The zero-order valence-electron chi connectivity index (χ0n) is 14.8. The Hall–Kier alpha value is -2.32. The minimum atomic E-state index is -0.256. The van der Waals surface area contributed by atoms with Gasteiger partial charge in [-0.25, -0.2) is 0 Å². The van der Waals surface area contributed by atoms with Gasteiger partial charge in [-0.1, -0.05) is 44.2 Å². The van der Waals surface area contributed by atoms with Gasteiger partial charge in [0.1, 0.15) is 13.2 Å². The van der Waals surface area contributed by atoms with Crippen molar-refractivity contribution >= 4 is 17.5 Å². The molecule has 1 rings (SSSR count). The van der Waals surface area contributed by atoms with E-state index in [1.165, 1.54) is 0 Å². The monoisotopic (exact) mass is 330 g/mol. The zero-order valence-corrected chi connectivity index (χ0v) is 14.8. The van der Waals surface area contributed by atoms with Gasteiger partial charge in [0.15, 0.2) is 0 Å². The first-order valence-corrected chi connectivity index (χ1v) is 8.38. The molecule has 1 aromatic rings. The molecule has 130 valence electrons. The van der Waals surface area contributed by atoms with Crippen molar-refractivity contribution in [3.63, 3.8) is 0 Å². The lowest BCUT2D eigenvalue weighted by atomic mass is 10.1. The average Bonchev–Trinajstić information content (AvgIpc) is 2.58. The smallest absolute Gasteiger partial charge is 0.306 e. The van der Waals surface area contributed by atoms with Crippen LogP contribution in [0.1, 0.15) is 52.0 Å². The van der Waals surface area contributed by atoms with Crippen LogP contribution >= 0.6 is 0 Å². The van der Waals surface area contributed by atoms with Gasteiger partial charge < -0.3 is 9.47 Å². The number of hydrogen-bond acceptors (Lipinski definition) is 4. The molecule has 0 aromatic heterocycles. The van der Waals surface area contributed by atoms with E-state index >= 15 is 0 Å². The van der Waals surface area contributed by atoms with E-state index in [-0.39, 0.29) is 25.2 Å². The molecule has 24 heavy (non-hydrogen) atoms. The summed E-state index contributed by atoms with van der Waals surface area (Å²) >= 11 is 0. The Morgan fingerprint density at radius 2 is 1.42 bits per heavy atom. The number of esters is 2. The summed E-state index contributed by atoms with van der Waals surface area (Å²) in [5.41, 5.74) is 5.78. The Balaban J connectivity index is 2.88. The lowest BCUT2D eigenvalue weighted by molar-refractivity contribution is -0.143. The first-order valence-electron chi connectivity index (χ1n) is 8.38. The van der Waals surface area contributed by atoms with Gasteiger partial charge in [0.25, 0.3) is 0 Å². The van der Waals surface area contributed by atoms with E-state index in [1.807, 2.05) is 51.1 Å². The molecule has 0 unspecified atom stereocenters. The minimum absolute atomic E-state index is 0.0857. The summed E-state index contributed by atoms with van der Waals surface area (Å²) in [6.45, 7) is 5.94. The van der Waals surface area contributed by atoms with Crippen molar-refractivity contribution in [3.8, 4) is 0 Å². The predicted octanol–water partition coefficient (Wildman–Crippen LogP) is 4.30. The van der Waals surface area contributed by atoms with Gasteiger partial charge in [0.05, 0.1) is 0 Å². The third-order valence-electron chi connectivity index (χ3n) is 3.29. The first-order chi connectivity index (χ1) is 11.6. The van der Waals surface area contributed by atoms with Gasteiger partial charge in [-0.15, -0.1) is 5.73 Å². The normalized spacial score (nSPS) is 9.79. The second kappa shape index (κ2) is 11.3. The van der Waals surface area contributed by atoms with Gasteiger partial charge in [-0.3, -0.25) is 9.59 Å². The molecule has 0 N–H and O–H groups in total. The van der Waals surface area contributed by atoms with Gasteiger partial charge in [0, 0.05) is 18.4 Å². The van der Waals surface area contributed by atoms with Crippen LogP contribution in [0.15, 0.2) is 41.6 Å². The Bertz CT molecular complexity index is 571. The van der Waals surface area contributed by atoms with Crippen LogP contribution in [0.4, 0.5) is 0 Å². The van der Waals surface area contributed by atoms with E-state index in [9.17, 15) is 9.59 Å². The number of hydrogen-bond donors (Lipinski definition) is 0. The second-order valence-electron chi connectivity index (χ2n) is 5.54. The summed E-state index contributed by atoms with van der Waals surface area (Å²) in [4.78, 5) is 23.1. The SMILES string of the molecule is CCCC(=O)OCC(=C=C(C)c1ccccc1)COC(=O)CCC. The highest BCUT2D eigenvalue weighted by molar-refractivity contribution is 5.70. The first kappa shape index (κ1) is 19.7. The van der Waals surface area contributed by atoms with Gasteiger partial charge >= 0.3 is 11.9 Å². The number of rotatable bonds is 9. The summed E-state index contributed by atoms with van der Waals surface area (Å²) in [5.74, 6) is -0.511. The van der Waals surface area contributed by atoms with Crippen molar-refractivity contribution in [2.75, 3.05) is 13.2 Å². The summed E-state index contributed by atoms with van der Waals surface area (Å²) < 4.78 is 10.5. The van der Waals surface area contributed by atoms with E-state index in [1.54, 1.807) is 0 Å². The molecular weight excluding hydrogens is 304 g/mol. The molecule has 4 heteroatoms. The molecule has 0 bridgehead atoms. The van der Waals surface area contributed by atoms with Crippen LogP contribution in [-0.4, -0.2) is 25.2 Å². The van der Waals surface area contributed by atoms with Crippen molar-refractivity contribution in [2.45, 2.75) is 46.5 Å². The molecule has 4 nitrogen and oxygen atoms in total. The number of carbonyl (C=O) groups is 2. The Morgan fingerprint density at radius 1 is 0.917 bits per heavy atom. The van der Waals surface area contributed by atoms with Crippen molar-refractivity contribution in [1.82, 2.24) is 0 Å². The molecule has 0 saturated carbocycles. The summed E-state index contributed by atoms with van der Waals surface area (Å²) in [6, 6.07) is 9.80. The van der Waals surface area contributed by atoms with E-state index in [4.69, 9.17) is 9.47 Å². The predicted molar refractivity (Wildman–Crippen MR) is 94.3 cm³/mol. The second-order valence-corrected chi connectivity index (χ2v) is 5.54. The van der Waals surface area contributed by atoms with Crippen molar-refractivity contribution in [3.05, 3.63) is 47.2 Å². The molecule has 0 fully saturated rings. The van der Waals surface area contributed by atoms with Gasteiger partial charge in [-0.05, 0) is 30.9 Å². The number of benzene rings is 1. The van der Waals surface area contributed by atoms with Crippen LogP contribution in [0.25, 0.3) is 5.57 Å². The van der Waals surface area contributed by atoms with Crippen molar-refractivity contribution in [2.24, 2.45) is 0 Å². The van der Waals surface area contributed by atoms with Gasteiger partial charge in [0.2, 0.25) is 0 Å². The third kappa shape index (κ3) is 7.80. The molecule has 0 aliphatic carbocycles. The molecule has 0 aliphatic rings. The minimum Gasteiger partial charge on any atom is -0.460 e. The molecule has 0 heterocycles. The standard InChI is InChI=1S/C20H26O4/c1-4-9-19(21)23-14-17(15-24-20(22)10-5-2)13-16(3)18-11-7-6-8-12-18/h6-8,11-12H,4-5,9-10,14-15H2,1-3H3. The highest BCUT2D eigenvalue weighted by atomic mass is 16.5. The average molecular weight is 330 g/mol. The summed E-state index contributed by atoms with van der Waals surface area (Å²) in [5, 5.41) is 0. The van der Waals surface area contributed by atoms with Crippen LogP contribution in [-0.2, 0) is 19.1 Å². The Kier molecular flexibility index (Phi) is 9.25. The van der Waals surface area contributed by atoms with Crippen molar-refractivity contribution < 1.29 is 19.1 Å². The Morgan fingerprint density at radius 3 is 1.88 bits per heavy atom. The molecule has 0 amide bonds. The fourth-order valence-corrected chi connectivity index (χ4v) is 2.03. The zero-order chi connectivity index (χ0) is 17.8. The number of ether oxygens (including phenoxy) is 2. The van der Waals surface area contributed by atoms with E-state index in [0.29, 0.717) is 18.4 Å². The fraction of sp³-hybridized carbons (Fsp3) is 0.450. The van der Waals surface area contributed by atoms with Crippen LogP contribution < -0.4 is 0 Å². The summed E-state index contributed by atoms with van der Waals surface area (Å²) in [6.07, 6.45) is 2.24. The van der Waals surface area contributed by atoms with Gasteiger partial charge in [-0.2, -0.15) is 0 Å². The maximum atomic E-state index is 11.6. The summed E-state index contributed by atoms with van der Waals surface area (Å²) in [7, 11) is 0. The van der Waals surface area contributed by atoms with E-state index in [2.05, 4.69) is 5.73 Å². The maximum absolute atomic E-state index is 11.6. The van der Waals surface area contributed by atoms with Crippen LogP contribution in [0.3, 0.4) is 0 Å². The molecule has 1 aromatic carbocycles. The molecule has 0 atom stereocenters. The van der Waals surface area contributed by atoms with Crippen molar-refractivity contribution in [1.29, 1.82) is 0 Å². The highest BCUT2D eigenvalue weighted by Crippen LogP contribution is 2.13. The molecule has 0 radical (unpaired) electrons. The molecule has 0 aliphatic heterocycles. The lowest BCUT2D eigenvalue weighted by Crippen LogP contribution is -2.13. The fourth-order valence-electron chi connectivity index (χ4n) is 2.03.